The number of methoxy groups -OCH3 is 1. The molecule has 2 heterocycles. The lowest BCUT2D eigenvalue weighted by Gasteiger charge is -2.29. The smallest absolute Gasteiger partial charge is 0.332 e. The molecule has 13 heteroatoms. The third kappa shape index (κ3) is 8.29. The average Bonchev–Trinajstić information content (AvgIpc) is 2.89. The van der Waals surface area contributed by atoms with Crippen molar-refractivity contribution in [2.75, 3.05) is 20.3 Å². The predicted octanol–water partition coefficient (Wildman–Crippen LogP) is 1.55. The van der Waals surface area contributed by atoms with Crippen molar-refractivity contribution in [3.63, 3.8) is 0 Å². The van der Waals surface area contributed by atoms with E-state index >= 15 is 0 Å². The van der Waals surface area contributed by atoms with Gasteiger partial charge in [-0.15, -0.1) is 0 Å². The Morgan fingerprint density at radius 2 is 1.87 bits per heavy atom. The van der Waals surface area contributed by atoms with Gasteiger partial charge in [0, 0.05) is 12.3 Å². The fourth-order valence-corrected chi connectivity index (χ4v) is 3.45. The van der Waals surface area contributed by atoms with Crippen LogP contribution in [-0.2, 0) is 38.1 Å². The molecule has 1 aliphatic heterocycles. The van der Waals surface area contributed by atoms with Gasteiger partial charge in [0.05, 0.1) is 25.0 Å². The summed E-state index contributed by atoms with van der Waals surface area (Å²) in [7, 11) is 1.29. The van der Waals surface area contributed by atoms with Gasteiger partial charge in [0.1, 0.15) is 18.6 Å². The van der Waals surface area contributed by atoms with Gasteiger partial charge in [-0.25, -0.2) is 9.78 Å². The second-order valence-corrected chi connectivity index (χ2v) is 10.3. The lowest BCUT2D eigenvalue weighted by atomic mass is 9.94. The summed E-state index contributed by atoms with van der Waals surface area (Å²) in [5.41, 5.74) is -1.20. The number of aromatic hydroxyl groups is 1. The van der Waals surface area contributed by atoms with Crippen LogP contribution in [0.5, 0.6) is 11.5 Å². The van der Waals surface area contributed by atoms with Crippen molar-refractivity contribution in [3.05, 3.63) is 18.0 Å². The monoisotopic (exact) mass is 552 g/mol. The van der Waals surface area contributed by atoms with Crippen LogP contribution in [0.15, 0.2) is 12.3 Å². The minimum absolute atomic E-state index is 0.0166. The molecule has 1 aromatic heterocycles. The number of nitrogens with zero attached hydrogens (tertiary/aromatic N) is 1. The van der Waals surface area contributed by atoms with Crippen LogP contribution in [0.25, 0.3) is 0 Å². The lowest BCUT2D eigenvalue weighted by Crippen LogP contribution is -2.46. The van der Waals surface area contributed by atoms with E-state index in [4.69, 9.17) is 23.7 Å². The van der Waals surface area contributed by atoms with Crippen LogP contribution in [0.2, 0.25) is 0 Å². The molecule has 2 N–H and O–H groups in total. The van der Waals surface area contributed by atoms with E-state index in [2.05, 4.69) is 10.3 Å². The van der Waals surface area contributed by atoms with Crippen molar-refractivity contribution in [2.45, 2.75) is 66.2 Å². The van der Waals surface area contributed by atoms with Gasteiger partial charge in [-0.05, 0) is 34.1 Å². The van der Waals surface area contributed by atoms with Gasteiger partial charge < -0.3 is 34.1 Å². The Morgan fingerprint density at radius 3 is 2.46 bits per heavy atom. The first-order valence-corrected chi connectivity index (χ1v) is 12.4. The predicted molar refractivity (Wildman–Crippen MR) is 133 cm³/mol. The van der Waals surface area contributed by atoms with E-state index in [1.54, 1.807) is 34.6 Å². The van der Waals surface area contributed by atoms with E-state index in [0.29, 0.717) is 0 Å². The Labute approximate surface area is 226 Å². The van der Waals surface area contributed by atoms with Crippen molar-refractivity contribution in [1.29, 1.82) is 0 Å². The summed E-state index contributed by atoms with van der Waals surface area (Å²) in [4.78, 5) is 67.3. The molecule has 1 aromatic rings. The van der Waals surface area contributed by atoms with Crippen LogP contribution < -0.4 is 10.1 Å². The zero-order chi connectivity index (χ0) is 29.5. The van der Waals surface area contributed by atoms with E-state index in [9.17, 15) is 29.1 Å². The van der Waals surface area contributed by atoms with Gasteiger partial charge in [-0.1, -0.05) is 13.8 Å². The van der Waals surface area contributed by atoms with Crippen molar-refractivity contribution in [3.8, 4) is 11.5 Å². The van der Waals surface area contributed by atoms with E-state index in [1.807, 2.05) is 0 Å². The molecule has 0 aromatic carbocycles. The first kappa shape index (κ1) is 31.3. The Bertz CT molecular complexity index is 1080. The van der Waals surface area contributed by atoms with Gasteiger partial charge in [0.15, 0.2) is 29.3 Å². The Morgan fingerprint density at radius 1 is 1.21 bits per heavy atom. The SMILES string of the molecule is COc1ccnc(C(=O)N[C@H]2COC(=O)[C@H](CCOC(=O)C(C)(C)C)[C@@H](OC(=O)C(C)C)[C@H](C)OC2=O)c1O. The molecule has 1 saturated heterocycles. The normalized spacial score (nSPS) is 21.9. The molecule has 216 valence electrons. The number of carbonyl (C=O) groups excluding carboxylic acids is 5. The van der Waals surface area contributed by atoms with Crippen LogP contribution in [0.4, 0.5) is 0 Å². The number of hydrogen-bond donors (Lipinski definition) is 2. The van der Waals surface area contributed by atoms with Gasteiger partial charge >= 0.3 is 23.9 Å². The molecule has 1 fully saturated rings. The average molecular weight is 553 g/mol. The fourth-order valence-electron chi connectivity index (χ4n) is 3.45. The summed E-state index contributed by atoms with van der Waals surface area (Å²) < 4.78 is 26.6. The first-order valence-electron chi connectivity index (χ1n) is 12.4. The van der Waals surface area contributed by atoms with E-state index in [1.165, 1.54) is 26.3 Å². The van der Waals surface area contributed by atoms with Crippen molar-refractivity contribution >= 4 is 29.8 Å². The largest absolute Gasteiger partial charge is 0.503 e. The maximum atomic E-state index is 13.1. The van der Waals surface area contributed by atoms with Crippen molar-refractivity contribution in [1.82, 2.24) is 10.3 Å². The van der Waals surface area contributed by atoms with E-state index in [-0.39, 0.29) is 18.8 Å². The highest BCUT2D eigenvalue weighted by atomic mass is 16.6. The van der Waals surface area contributed by atoms with Crippen LogP contribution in [0.3, 0.4) is 0 Å². The summed E-state index contributed by atoms with van der Waals surface area (Å²) in [6.07, 6.45) is -1.26. The second-order valence-electron chi connectivity index (χ2n) is 10.3. The highest BCUT2D eigenvalue weighted by Crippen LogP contribution is 2.28. The molecule has 0 unspecified atom stereocenters. The molecule has 39 heavy (non-hydrogen) atoms. The molecular formula is C26H36N2O11. The summed E-state index contributed by atoms with van der Waals surface area (Å²) in [5.74, 6) is -6.19. The number of carbonyl (C=O) groups is 5. The minimum Gasteiger partial charge on any atom is -0.503 e. The number of esters is 4. The molecule has 2 rings (SSSR count). The lowest BCUT2D eigenvalue weighted by molar-refractivity contribution is -0.178. The molecule has 0 aliphatic carbocycles. The number of amides is 1. The topological polar surface area (TPSA) is 177 Å². The molecule has 13 nitrogen and oxygen atoms in total. The van der Waals surface area contributed by atoms with Crippen molar-refractivity contribution in [2.24, 2.45) is 17.3 Å². The second kappa shape index (κ2) is 13.3. The summed E-state index contributed by atoms with van der Waals surface area (Å²) in [6.45, 7) is 8.84. The third-order valence-electron chi connectivity index (χ3n) is 5.77. The molecule has 0 bridgehead atoms. The molecular weight excluding hydrogens is 516 g/mol. The number of cyclic esters (lactones) is 2. The standard InChI is InChI=1S/C26H36N2O11/c1-13(2)22(31)39-20-14(3)38-24(33)16(28-21(30)18-19(29)17(35-7)8-10-27-18)12-37-23(32)15(20)9-11-36-25(34)26(4,5)6/h8,10,13-16,20,29H,9,11-12H2,1-7H3,(H,28,30)/t14-,15+,16-,20-/m0/s1. The zero-order valence-electron chi connectivity index (χ0n) is 23.1. The third-order valence-corrected chi connectivity index (χ3v) is 5.77. The summed E-state index contributed by atoms with van der Waals surface area (Å²) in [5, 5.41) is 12.6. The van der Waals surface area contributed by atoms with Gasteiger partial charge in [-0.2, -0.15) is 0 Å². The van der Waals surface area contributed by atoms with Gasteiger partial charge in [0.2, 0.25) is 0 Å². The Kier molecular flexibility index (Phi) is 10.6. The van der Waals surface area contributed by atoms with Crippen LogP contribution in [-0.4, -0.2) is 78.4 Å². The maximum absolute atomic E-state index is 13.1. The minimum atomic E-state index is -1.48. The van der Waals surface area contributed by atoms with Crippen molar-refractivity contribution < 1.29 is 52.8 Å². The molecule has 0 saturated carbocycles. The Hall–Kier alpha value is -3.90. The quantitative estimate of drug-likeness (QED) is 0.352. The van der Waals surface area contributed by atoms with Gasteiger partial charge in [-0.3, -0.25) is 19.2 Å². The molecule has 4 atom stereocenters. The number of pyridine rings is 1. The maximum Gasteiger partial charge on any atom is 0.332 e. The highest BCUT2D eigenvalue weighted by Gasteiger charge is 2.42. The van der Waals surface area contributed by atoms with Crippen LogP contribution >= 0.6 is 0 Å². The summed E-state index contributed by atoms with van der Waals surface area (Å²) in [6, 6.07) is -0.142. The number of hydrogen-bond acceptors (Lipinski definition) is 12. The molecule has 1 aliphatic rings. The van der Waals surface area contributed by atoms with Crippen LogP contribution in [0, 0.1) is 17.3 Å². The van der Waals surface area contributed by atoms with E-state index < -0.39 is 83.3 Å². The fraction of sp³-hybridized carbons (Fsp3) is 0.615. The zero-order valence-corrected chi connectivity index (χ0v) is 23.1. The molecule has 1 amide bonds. The molecule has 0 radical (unpaired) electrons. The highest BCUT2D eigenvalue weighted by molar-refractivity contribution is 5.98. The van der Waals surface area contributed by atoms with Crippen LogP contribution in [0.1, 0.15) is 58.5 Å². The number of ether oxygens (including phenoxy) is 5. The number of rotatable bonds is 8. The Balaban J connectivity index is 2.29. The number of aromatic nitrogens is 1. The number of nitrogens with one attached hydrogen (secondary N) is 1. The first-order chi connectivity index (χ1) is 18.2. The van der Waals surface area contributed by atoms with Gasteiger partial charge in [0.25, 0.3) is 5.91 Å². The molecule has 0 spiro atoms. The van der Waals surface area contributed by atoms with E-state index in [0.717, 1.165) is 0 Å². The summed E-state index contributed by atoms with van der Waals surface area (Å²) >= 11 is 0.